The molecule has 28 heavy (non-hydrogen) atoms. The fourth-order valence-electron chi connectivity index (χ4n) is 3.41. The van der Waals surface area contributed by atoms with Gasteiger partial charge < -0.3 is 15.0 Å². The Bertz CT molecular complexity index is 966. The first-order valence-electron chi connectivity index (χ1n) is 8.68. The lowest BCUT2D eigenvalue weighted by molar-refractivity contribution is 0.315. The van der Waals surface area contributed by atoms with Crippen molar-refractivity contribution >= 4 is 57.0 Å². The largest absolute Gasteiger partial charge is 0.487 e. The van der Waals surface area contributed by atoms with Crippen LogP contribution in [-0.2, 0) is 10.0 Å². The molecule has 0 radical (unpaired) electrons. The van der Waals surface area contributed by atoms with Crippen LogP contribution >= 0.6 is 35.6 Å². The first-order chi connectivity index (χ1) is 13.0. The van der Waals surface area contributed by atoms with E-state index in [-0.39, 0.29) is 35.5 Å². The summed E-state index contributed by atoms with van der Waals surface area (Å²) in [5.74, 6) is 0.545. The van der Waals surface area contributed by atoms with Crippen molar-refractivity contribution in [2.75, 3.05) is 48.5 Å². The molecule has 2 aliphatic rings. The minimum absolute atomic E-state index is 0. The molecule has 0 bridgehead atoms. The molecule has 0 spiro atoms. The van der Waals surface area contributed by atoms with Gasteiger partial charge in [0.25, 0.3) is 10.0 Å². The van der Waals surface area contributed by atoms with E-state index < -0.39 is 10.0 Å². The number of fused-ring (bicyclic) bond motifs is 1. The van der Waals surface area contributed by atoms with Gasteiger partial charge in [0, 0.05) is 31.2 Å². The second kappa shape index (κ2) is 8.55. The summed E-state index contributed by atoms with van der Waals surface area (Å²) >= 11 is 12.5. The Labute approximate surface area is 180 Å². The number of sulfonamides is 1. The van der Waals surface area contributed by atoms with Crippen LogP contribution < -0.4 is 19.3 Å². The number of benzene rings is 2. The van der Waals surface area contributed by atoms with Gasteiger partial charge in [-0.3, -0.25) is 4.31 Å². The molecule has 2 aromatic carbocycles. The minimum Gasteiger partial charge on any atom is -0.487 e. The monoisotopic (exact) mass is 463 g/mol. The number of rotatable bonds is 3. The molecule has 0 aliphatic carbocycles. The van der Waals surface area contributed by atoms with Crippen molar-refractivity contribution in [3.63, 3.8) is 0 Å². The van der Waals surface area contributed by atoms with E-state index in [9.17, 15) is 8.42 Å². The van der Waals surface area contributed by atoms with Crippen molar-refractivity contribution in [1.82, 2.24) is 5.32 Å². The molecule has 2 heterocycles. The van der Waals surface area contributed by atoms with E-state index in [1.807, 2.05) is 6.07 Å². The van der Waals surface area contributed by atoms with E-state index in [2.05, 4.69) is 10.2 Å². The summed E-state index contributed by atoms with van der Waals surface area (Å²) in [6.45, 7) is 3.76. The summed E-state index contributed by atoms with van der Waals surface area (Å²) in [6, 6.07) is 9.90. The lowest BCUT2D eigenvalue weighted by Crippen LogP contribution is -2.44. The van der Waals surface area contributed by atoms with Crippen LogP contribution in [0.3, 0.4) is 0 Å². The van der Waals surface area contributed by atoms with Gasteiger partial charge in [-0.25, -0.2) is 8.42 Å². The molecule has 2 aromatic rings. The molecular weight excluding hydrogens is 445 g/mol. The van der Waals surface area contributed by atoms with Crippen molar-refractivity contribution < 1.29 is 13.2 Å². The summed E-state index contributed by atoms with van der Waals surface area (Å²) in [6.07, 6.45) is 0. The van der Waals surface area contributed by atoms with Crippen LogP contribution in [0.1, 0.15) is 0 Å². The van der Waals surface area contributed by atoms with Crippen LogP contribution in [0.4, 0.5) is 11.4 Å². The van der Waals surface area contributed by atoms with Crippen molar-refractivity contribution in [2.24, 2.45) is 0 Å². The van der Waals surface area contributed by atoms with Crippen molar-refractivity contribution in [1.29, 1.82) is 0 Å². The second-order valence-electron chi connectivity index (χ2n) is 6.37. The van der Waals surface area contributed by atoms with E-state index in [0.717, 1.165) is 31.9 Å². The third-order valence-electron chi connectivity index (χ3n) is 4.69. The first kappa shape index (κ1) is 21.3. The van der Waals surface area contributed by atoms with Crippen LogP contribution in [0.2, 0.25) is 10.0 Å². The third-order valence-corrected chi connectivity index (χ3v) is 7.22. The summed E-state index contributed by atoms with van der Waals surface area (Å²) in [7, 11) is -3.84. The second-order valence-corrected chi connectivity index (χ2v) is 9.04. The number of halogens is 3. The molecule has 10 heteroatoms. The average molecular weight is 465 g/mol. The standard InChI is InChI=1S/C18H19Cl2N3O3S.ClH/c19-13-11-15(22-7-5-21-6-8-22)18-16(12-13)23(9-10-26-18)27(24,25)17-4-2-1-3-14(17)20;/h1-4,11-12,21H,5-10H2;1H. The maximum atomic E-state index is 13.3. The van der Waals surface area contributed by atoms with Gasteiger partial charge in [0.05, 0.1) is 22.9 Å². The van der Waals surface area contributed by atoms with Crippen LogP contribution in [0.15, 0.2) is 41.3 Å². The van der Waals surface area contributed by atoms with Gasteiger partial charge in [0.2, 0.25) is 0 Å². The SMILES string of the molecule is Cl.O=S(=O)(c1ccccc1Cl)N1CCOc2c(N3CCNCC3)cc(Cl)cc21. The molecule has 0 amide bonds. The Balaban J connectivity index is 0.00000225. The molecule has 1 fully saturated rings. The molecule has 4 rings (SSSR count). The number of hydrogen-bond donors (Lipinski definition) is 1. The number of anilines is 2. The predicted molar refractivity (Wildman–Crippen MR) is 115 cm³/mol. The highest BCUT2D eigenvalue weighted by atomic mass is 35.5. The molecule has 2 aliphatic heterocycles. The molecular formula is C18H20Cl3N3O3S. The Hall–Kier alpha value is -1.38. The lowest BCUT2D eigenvalue weighted by atomic mass is 10.2. The fourth-order valence-corrected chi connectivity index (χ4v) is 5.56. The molecule has 1 N–H and O–H groups in total. The van der Waals surface area contributed by atoms with Gasteiger partial charge in [-0.2, -0.15) is 0 Å². The normalized spacial score (nSPS) is 16.8. The summed E-state index contributed by atoms with van der Waals surface area (Å²) < 4.78 is 33.8. The van der Waals surface area contributed by atoms with E-state index in [1.54, 1.807) is 24.3 Å². The summed E-state index contributed by atoms with van der Waals surface area (Å²) in [4.78, 5) is 2.23. The Morgan fingerprint density at radius 3 is 2.39 bits per heavy atom. The van der Waals surface area contributed by atoms with Gasteiger partial charge in [-0.1, -0.05) is 35.3 Å². The Morgan fingerprint density at radius 1 is 1.00 bits per heavy atom. The summed E-state index contributed by atoms with van der Waals surface area (Å²) in [5, 5.41) is 3.96. The third kappa shape index (κ3) is 3.86. The smallest absolute Gasteiger partial charge is 0.266 e. The van der Waals surface area contributed by atoms with E-state index in [0.29, 0.717) is 16.5 Å². The highest BCUT2D eigenvalue weighted by molar-refractivity contribution is 7.93. The zero-order valence-electron chi connectivity index (χ0n) is 14.9. The highest BCUT2D eigenvalue weighted by Crippen LogP contribution is 2.45. The molecule has 0 aromatic heterocycles. The molecule has 6 nitrogen and oxygen atoms in total. The maximum absolute atomic E-state index is 13.3. The summed E-state index contributed by atoms with van der Waals surface area (Å²) in [5.41, 5.74) is 1.26. The van der Waals surface area contributed by atoms with Crippen molar-refractivity contribution in [3.8, 4) is 5.75 Å². The molecule has 152 valence electrons. The molecule has 1 saturated heterocycles. The topological polar surface area (TPSA) is 61.9 Å². The number of piperazine rings is 1. The van der Waals surface area contributed by atoms with Crippen LogP contribution in [-0.4, -0.2) is 47.7 Å². The van der Waals surface area contributed by atoms with E-state index >= 15 is 0 Å². The molecule has 0 atom stereocenters. The zero-order chi connectivity index (χ0) is 19.0. The highest BCUT2D eigenvalue weighted by Gasteiger charge is 2.34. The lowest BCUT2D eigenvalue weighted by Gasteiger charge is -2.36. The van der Waals surface area contributed by atoms with Crippen LogP contribution in [0.25, 0.3) is 0 Å². The van der Waals surface area contributed by atoms with Crippen LogP contribution in [0.5, 0.6) is 5.75 Å². The fraction of sp³-hybridized carbons (Fsp3) is 0.333. The van der Waals surface area contributed by atoms with Gasteiger partial charge in [0.1, 0.15) is 11.5 Å². The number of nitrogens with one attached hydrogen (secondary N) is 1. The van der Waals surface area contributed by atoms with Gasteiger partial charge >= 0.3 is 0 Å². The number of hydrogen-bond acceptors (Lipinski definition) is 5. The number of ether oxygens (including phenoxy) is 1. The van der Waals surface area contributed by atoms with Crippen molar-refractivity contribution in [3.05, 3.63) is 46.4 Å². The quantitative estimate of drug-likeness (QED) is 0.754. The van der Waals surface area contributed by atoms with Gasteiger partial charge in [0.15, 0.2) is 5.75 Å². The predicted octanol–water partition coefficient (Wildman–Crippen LogP) is 3.41. The average Bonchev–Trinajstić information content (AvgIpc) is 2.67. The van der Waals surface area contributed by atoms with Gasteiger partial charge in [-0.15, -0.1) is 12.4 Å². The van der Waals surface area contributed by atoms with Gasteiger partial charge in [-0.05, 0) is 24.3 Å². The van der Waals surface area contributed by atoms with E-state index in [4.69, 9.17) is 27.9 Å². The Morgan fingerprint density at radius 2 is 1.68 bits per heavy atom. The Kier molecular flexibility index (Phi) is 6.51. The first-order valence-corrected chi connectivity index (χ1v) is 10.9. The minimum atomic E-state index is -3.84. The molecule has 0 saturated carbocycles. The maximum Gasteiger partial charge on any atom is 0.266 e. The number of nitrogens with zero attached hydrogens (tertiary/aromatic N) is 2. The van der Waals surface area contributed by atoms with E-state index in [1.165, 1.54) is 10.4 Å². The zero-order valence-corrected chi connectivity index (χ0v) is 18.0. The molecule has 0 unspecified atom stereocenters. The van der Waals surface area contributed by atoms with Crippen molar-refractivity contribution in [2.45, 2.75) is 4.90 Å². The van der Waals surface area contributed by atoms with Crippen LogP contribution in [0, 0.1) is 0 Å².